The Hall–Kier alpha value is -2.76. The second-order valence-electron chi connectivity index (χ2n) is 7.39. The number of rotatable bonds is 3. The third-order valence-corrected chi connectivity index (χ3v) is 5.80. The normalized spacial score (nSPS) is 24.0. The first-order valence-electron chi connectivity index (χ1n) is 8.49. The lowest BCUT2D eigenvalue weighted by Crippen LogP contribution is -2.48. The van der Waals surface area contributed by atoms with Crippen molar-refractivity contribution in [3.8, 4) is 0 Å². The van der Waals surface area contributed by atoms with Crippen molar-refractivity contribution < 1.29 is 4.79 Å². The predicted molar refractivity (Wildman–Crippen MR) is 96.4 cm³/mol. The maximum Gasteiger partial charge on any atom is 0.292 e. The molecule has 25 heavy (non-hydrogen) atoms. The fourth-order valence-electron chi connectivity index (χ4n) is 4.05. The number of aromatic nitrogens is 2. The van der Waals surface area contributed by atoms with Crippen molar-refractivity contribution in [2.24, 2.45) is 22.4 Å². The number of carbonyl (C=O) groups is 1. The van der Waals surface area contributed by atoms with Gasteiger partial charge < -0.3 is 0 Å². The van der Waals surface area contributed by atoms with Gasteiger partial charge in [-0.15, -0.1) is 0 Å². The van der Waals surface area contributed by atoms with E-state index in [9.17, 15) is 9.59 Å². The lowest BCUT2D eigenvalue weighted by atomic mass is 9.49. The minimum Gasteiger partial charge on any atom is -0.267 e. The number of hydrazone groups is 1. The van der Waals surface area contributed by atoms with Crippen LogP contribution in [0.4, 0.5) is 0 Å². The molecule has 0 aliphatic heterocycles. The van der Waals surface area contributed by atoms with Gasteiger partial charge in [0.2, 0.25) is 0 Å². The zero-order chi connectivity index (χ0) is 17.6. The highest BCUT2D eigenvalue weighted by molar-refractivity contribution is 6.04. The van der Waals surface area contributed by atoms with E-state index in [1.54, 1.807) is 30.5 Å². The molecule has 3 aliphatic carbocycles. The van der Waals surface area contributed by atoms with Crippen LogP contribution in [-0.4, -0.2) is 22.3 Å². The topological polar surface area (TPSA) is 87.2 Å². The van der Waals surface area contributed by atoms with Crippen LogP contribution in [0.2, 0.25) is 0 Å². The van der Waals surface area contributed by atoms with Crippen LogP contribution < -0.4 is 11.0 Å². The number of nitrogens with zero attached hydrogens (tertiary/aromatic N) is 2. The quantitative estimate of drug-likeness (QED) is 0.667. The number of hydrogen-bond acceptors (Lipinski definition) is 4. The van der Waals surface area contributed by atoms with Gasteiger partial charge in [-0.05, 0) is 41.7 Å². The lowest BCUT2D eigenvalue weighted by Gasteiger charge is -2.55. The minimum absolute atomic E-state index is 0.161. The van der Waals surface area contributed by atoms with Crippen LogP contribution in [-0.2, 0) is 0 Å². The second-order valence-corrected chi connectivity index (χ2v) is 7.39. The third kappa shape index (κ3) is 2.49. The SMILES string of the molecule is CC1(C)C2CC=C(/C=N/NC(=O)c3n[nH]c(=O)c4ccccc34)C1C2. The highest BCUT2D eigenvalue weighted by Gasteiger charge is 2.50. The van der Waals surface area contributed by atoms with E-state index < -0.39 is 5.91 Å². The van der Waals surface area contributed by atoms with Gasteiger partial charge in [-0.25, -0.2) is 10.5 Å². The average molecular weight is 336 g/mol. The predicted octanol–water partition coefficient (Wildman–Crippen LogP) is 2.63. The van der Waals surface area contributed by atoms with E-state index in [4.69, 9.17) is 0 Å². The van der Waals surface area contributed by atoms with Crippen LogP contribution in [0.5, 0.6) is 0 Å². The molecule has 1 amide bonds. The number of hydrogen-bond donors (Lipinski definition) is 2. The highest BCUT2D eigenvalue weighted by atomic mass is 16.2. The first-order valence-corrected chi connectivity index (χ1v) is 8.49. The van der Waals surface area contributed by atoms with Gasteiger partial charge in [-0.2, -0.15) is 10.2 Å². The van der Waals surface area contributed by atoms with Gasteiger partial charge in [-0.1, -0.05) is 38.1 Å². The molecule has 1 aromatic heterocycles. The first-order chi connectivity index (χ1) is 12.0. The molecule has 0 saturated heterocycles. The molecule has 2 N–H and O–H groups in total. The molecule has 1 fully saturated rings. The number of aromatic amines is 1. The van der Waals surface area contributed by atoms with E-state index >= 15 is 0 Å². The fraction of sp³-hybridized carbons (Fsp3) is 0.368. The fourth-order valence-corrected chi connectivity index (χ4v) is 4.05. The van der Waals surface area contributed by atoms with E-state index in [2.05, 4.69) is 40.6 Å². The summed E-state index contributed by atoms with van der Waals surface area (Å²) in [6, 6.07) is 6.89. The van der Waals surface area contributed by atoms with E-state index in [1.165, 1.54) is 12.0 Å². The molecule has 6 nitrogen and oxygen atoms in total. The van der Waals surface area contributed by atoms with Crippen molar-refractivity contribution in [1.29, 1.82) is 0 Å². The summed E-state index contributed by atoms with van der Waals surface area (Å²) < 4.78 is 0. The van der Waals surface area contributed by atoms with E-state index in [0.29, 0.717) is 22.1 Å². The Morgan fingerprint density at radius 3 is 2.84 bits per heavy atom. The van der Waals surface area contributed by atoms with E-state index in [-0.39, 0.29) is 11.3 Å². The van der Waals surface area contributed by atoms with Gasteiger partial charge in [0.15, 0.2) is 5.69 Å². The van der Waals surface area contributed by atoms with Gasteiger partial charge >= 0.3 is 0 Å². The minimum atomic E-state index is -0.439. The molecule has 1 aromatic carbocycles. The zero-order valence-corrected chi connectivity index (χ0v) is 14.2. The molecule has 2 atom stereocenters. The standard InChI is InChI=1S/C19H20N4O2/c1-19(2)12-8-7-11(15(19)9-12)10-20-22-18(25)16-13-5-3-4-6-14(13)17(24)23-21-16/h3-7,10,12,15H,8-9H2,1-2H3,(H,22,25)(H,23,24)/b20-10+. The Morgan fingerprint density at radius 1 is 1.36 bits per heavy atom. The Labute approximate surface area is 145 Å². The molecule has 1 heterocycles. The lowest BCUT2D eigenvalue weighted by molar-refractivity contribution is -0.00126. The maximum absolute atomic E-state index is 12.4. The number of carbonyl (C=O) groups excluding carboxylic acids is 1. The highest BCUT2D eigenvalue weighted by Crippen LogP contribution is 2.58. The van der Waals surface area contributed by atoms with Crippen molar-refractivity contribution in [3.05, 3.63) is 52.0 Å². The van der Waals surface area contributed by atoms with Crippen LogP contribution >= 0.6 is 0 Å². The van der Waals surface area contributed by atoms with Gasteiger partial charge in [-0.3, -0.25) is 9.59 Å². The Kier molecular flexibility index (Phi) is 3.56. The summed E-state index contributed by atoms with van der Waals surface area (Å²) in [6.45, 7) is 4.59. The molecule has 5 rings (SSSR count). The van der Waals surface area contributed by atoms with Gasteiger partial charge in [0.25, 0.3) is 11.5 Å². The number of benzene rings is 1. The molecule has 2 bridgehead atoms. The van der Waals surface area contributed by atoms with Crippen molar-refractivity contribution in [3.63, 3.8) is 0 Å². The van der Waals surface area contributed by atoms with Crippen LogP contribution in [0, 0.1) is 17.3 Å². The molecular weight excluding hydrogens is 316 g/mol. The van der Waals surface area contributed by atoms with E-state index in [1.807, 2.05) is 0 Å². The summed E-state index contributed by atoms with van der Waals surface area (Å²) in [4.78, 5) is 24.2. The van der Waals surface area contributed by atoms with Crippen LogP contribution in [0.3, 0.4) is 0 Å². The van der Waals surface area contributed by atoms with Crippen molar-refractivity contribution in [2.75, 3.05) is 0 Å². The summed E-state index contributed by atoms with van der Waals surface area (Å²) in [5.74, 6) is 0.839. The molecule has 0 spiro atoms. The smallest absolute Gasteiger partial charge is 0.267 e. The molecule has 128 valence electrons. The van der Waals surface area contributed by atoms with Crippen LogP contribution in [0.15, 0.2) is 45.8 Å². The van der Waals surface area contributed by atoms with E-state index in [0.717, 1.165) is 12.3 Å². The Bertz CT molecular complexity index is 971. The van der Waals surface area contributed by atoms with Crippen LogP contribution in [0.1, 0.15) is 37.2 Å². The largest absolute Gasteiger partial charge is 0.292 e. The molecule has 0 radical (unpaired) electrons. The molecule has 1 saturated carbocycles. The second kappa shape index (κ2) is 5.65. The number of amides is 1. The van der Waals surface area contributed by atoms with Gasteiger partial charge in [0.05, 0.1) is 11.6 Å². The Morgan fingerprint density at radius 2 is 2.12 bits per heavy atom. The van der Waals surface area contributed by atoms with Crippen molar-refractivity contribution in [2.45, 2.75) is 26.7 Å². The summed E-state index contributed by atoms with van der Waals surface area (Å²) >= 11 is 0. The number of allylic oxidation sites excluding steroid dienone is 2. The number of nitrogens with one attached hydrogen (secondary N) is 2. The summed E-state index contributed by atoms with van der Waals surface area (Å²) in [6.07, 6.45) is 6.23. The zero-order valence-electron chi connectivity index (χ0n) is 14.2. The third-order valence-electron chi connectivity index (χ3n) is 5.80. The average Bonchev–Trinajstić information content (AvgIpc) is 2.62. The van der Waals surface area contributed by atoms with Crippen molar-refractivity contribution >= 4 is 22.9 Å². The Balaban J connectivity index is 1.53. The maximum atomic E-state index is 12.4. The first kappa shape index (κ1) is 15.7. The summed E-state index contributed by atoms with van der Waals surface area (Å²) in [5.41, 5.74) is 3.88. The number of H-pyrrole nitrogens is 1. The molecule has 2 aromatic rings. The van der Waals surface area contributed by atoms with Gasteiger partial charge in [0, 0.05) is 5.39 Å². The molecule has 3 aliphatic rings. The van der Waals surface area contributed by atoms with Gasteiger partial charge in [0.1, 0.15) is 0 Å². The monoisotopic (exact) mass is 336 g/mol. The molecule has 6 heteroatoms. The molecular formula is C19H20N4O2. The van der Waals surface area contributed by atoms with Crippen molar-refractivity contribution in [1.82, 2.24) is 15.6 Å². The summed E-state index contributed by atoms with van der Waals surface area (Å²) in [7, 11) is 0. The van der Waals surface area contributed by atoms with Crippen LogP contribution in [0.25, 0.3) is 10.8 Å². The molecule has 2 unspecified atom stereocenters. The summed E-state index contributed by atoms with van der Waals surface area (Å²) in [5, 5.41) is 11.3. The number of fused-ring (bicyclic) bond motifs is 2.